The third-order valence-electron chi connectivity index (χ3n) is 7.99. The van der Waals surface area contributed by atoms with Crippen LogP contribution in [0.25, 0.3) is 5.57 Å². The number of hydrogen-bond acceptors (Lipinski definition) is 5. The van der Waals surface area contributed by atoms with Gasteiger partial charge in [-0.25, -0.2) is 4.79 Å². The van der Waals surface area contributed by atoms with Crippen molar-refractivity contribution in [1.29, 1.82) is 0 Å². The summed E-state index contributed by atoms with van der Waals surface area (Å²) in [6.45, 7) is 10.1. The zero-order chi connectivity index (χ0) is 26.0. The van der Waals surface area contributed by atoms with E-state index in [1.807, 2.05) is 11.8 Å². The van der Waals surface area contributed by atoms with Crippen LogP contribution in [0.2, 0.25) is 0 Å². The molecule has 7 heteroatoms. The Bertz CT molecular complexity index is 904. The van der Waals surface area contributed by atoms with Gasteiger partial charge in [-0.2, -0.15) is 0 Å². The first kappa shape index (κ1) is 27.5. The lowest BCUT2D eigenvalue weighted by Gasteiger charge is -2.31. The predicted molar refractivity (Wildman–Crippen MR) is 146 cm³/mol. The zero-order valence-electron chi connectivity index (χ0n) is 22.8. The van der Waals surface area contributed by atoms with E-state index in [1.165, 1.54) is 24.0 Å². The summed E-state index contributed by atoms with van der Waals surface area (Å²) in [6.07, 6.45) is 9.33. The minimum atomic E-state index is -0.204. The van der Waals surface area contributed by atoms with Crippen molar-refractivity contribution in [2.24, 2.45) is 17.8 Å². The Balaban J connectivity index is 1.18. The molecule has 0 bridgehead atoms. The number of carbonyl (C=O) groups excluding carboxylic acids is 2. The number of hydrogen-bond donors (Lipinski definition) is 1. The number of likely N-dealkylation sites (N-methyl/N-ethyl adjacent to an activating group) is 1. The Labute approximate surface area is 222 Å². The van der Waals surface area contributed by atoms with Gasteiger partial charge in [0, 0.05) is 38.6 Å². The van der Waals surface area contributed by atoms with Crippen LogP contribution in [0.5, 0.6) is 5.75 Å². The van der Waals surface area contributed by atoms with E-state index in [9.17, 15) is 9.59 Å². The van der Waals surface area contributed by atoms with Crippen LogP contribution in [0.15, 0.2) is 30.3 Å². The van der Waals surface area contributed by atoms with Gasteiger partial charge in [0.05, 0.1) is 13.2 Å². The van der Waals surface area contributed by atoms with Gasteiger partial charge >= 0.3 is 6.09 Å². The molecule has 1 saturated heterocycles. The van der Waals surface area contributed by atoms with Crippen LogP contribution in [0.1, 0.15) is 64.4 Å². The lowest BCUT2D eigenvalue weighted by Crippen LogP contribution is -2.40. The largest absolute Gasteiger partial charge is 0.493 e. The van der Waals surface area contributed by atoms with Crippen LogP contribution in [0.4, 0.5) is 4.79 Å². The topological polar surface area (TPSA) is 71.1 Å². The highest BCUT2D eigenvalue weighted by molar-refractivity contribution is 5.80. The zero-order valence-corrected chi connectivity index (χ0v) is 22.8. The molecule has 1 N–H and O–H groups in total. The Kier molecular flexibility index (Phi) is 10.3. The Morgan fingerprint density at radius 2 is 1.78 bits per heavy atom. The molecule has 2 aliphatic carbocycles. The average Bonchev–Trinajstić information content (AvgIpc) is 3.77. The molecule has 204 valence electrons. The van der Waals surface area contributed by atoms with Crippen molar-refractivity contribution in [3.63, 3.8) is 0 Å². The molecule has 2 fully saturated rings. The van der Waals surface area contributed by atoms with Crippen LogP contribution >= 0.6 is 0 Å². The van der Waals surface area contributed by atoms with Gasteiger partial charge in [0.25, 0.3) is 0 Å². The van der Waals surface area contributed by atoms with E-state index in [1.54, 1.807) is 4.90 Å². The van der Waals surface area contributed by atoms with Crippen molar-refractivity contribution in [2.45, 2.75) is 58.8 Å². The number of allylic oxidation sites excluding steroid dienone is 2. The van der Waals surface area contributed by atoms with E-state index in [-0.39, 0.29) is 12.0 Å². The summed E-state index contributed by atoms with van der Waals surface area (Å²) in [4.78, 5) is 28.7. The number of ether oxygens (including phenoxy) is 2. The van der Waals surface area contributed by atoms with Gasteiger partial charge in [-0.05, 0) is 100 Å². The molecule has 37 heavy (non-hydrogen) atoms. The highest BCUT2D eigenvalue weighted by atomic mass is 16.6. The molecule has 1 aliphatic heterocycles. The van der Waals surface area contributed by atoms with Crippen LogP contribution in [-0.4, -0.2) is 74.3 Å². The van der Waals surface area contributed by atoms with E-state index in [4.69, 9.17) is 9.47 Å². The van der Waals surface area contributed by atoms with Crippen LogP contribution < -0.4 is 10.1 Å². The van der Waals surface area contributed by atoms with Gasteiger partial charge in [-0.1, -0.05) is 18.2 Å². The average molecular weight is 512 g/mol. The molecule has 0 spiro atoms. The molecular weight excluding hydrogens is 466 g/mol. The van der Waals surface area contributed by atoms with E-state index in [2.05, 4.69) is 42.6 Å². The fourth-order valence-electron chi connectivity index (χ4n) is 5.32. The molecule has 3 aliphatic rings. The smallest absolute Gasteiger partial charge is 0.409 e. The first-order chi connectivity index (χ1) is 18.1. The number of likely N-dealkylation sites (tertiary alicyclic amines) is 1. The minimum Gasteiger partial charge on any atom is -0.493 e. The van der Waals surface area contributed by atoms with Gasteiger partial charge in [0.2, 0.25) is 5.91 Å². The molecule has 4 rings (SSSR count). The summed E-state index contributed by atoms with van der Waals surface area (Å²) in [5, 5.41) is 3.51. The quantitative estimate of drug-likeness (QED) is 0.402. The summed E-state index contributed by atoms with van der Waals surface area (Å²) >= 11 is 0. The van der Waals surface area contributed by atoms with Crippen LogP contribution in [-0.2, 0) is 9.53 Å². The minimum absolute atomic E-state index is 0.102. The fourth-order valence-corrected chi connectivity index (χ4v) is 5.32. The molecule has 1 aromatic carbocycles. The molecule has 1 atom stereocenters. The molecule has 2 amide bonds. The molecule has 1 aromatic rings. The van der Waals surface area contributed by atoms with Gasteiger partial charge in [0.15, 0.2) is 0 Å². The van der Waals surface area contributed by atoms with E-state index < -0.39 is 0 Å². The van der Waals surface area contributed by atoms with Gasteiger partial charge in [-0.3, -0.25) is 4.79 Å². The third-order valence-corrected chi connectivity index (χ3v) is 7.99. The molecular formula is C30H45N3O4. The second-order valence-electron chi connectivity index (χ2n) is 10.7. The number of benzene rings is 1. The van der Waals surface area contributed by atoms with E-state index in [0.29, 0.717) is 25.0 Å². The molecule has 1 saturated carbocycles. The predicted octanol–water partition coefficient (Wildman–Crippen LogP) is 4.97. The molecule has 0 aromatic heterocycles. The highest BCUT2D eigenvalue weighted by Crippen LogP contribution is 2.32. The third kappa shape index (κ3) is 8.22. The maximum Gasteiger partial charge on any atom is 0.409 e. The molecule has 1 heterocycles. The first-order valence-electron chi connectivity index (χ1n) is 14.4. The van der Waals surface area contributed by atoms with Crippen LogP contribution in [0, 0.1) is 17.8 Å². The summed E-state index contributed by atoms with van der Waals surface area (Å²) < 4.78 is 11.2. The SMILES string of the molecule is CCOC(=O)N1CCC(COc2ccc(C3=CCC(C(=O)N(CC)CCNCC4CC4)CC3)cc2)CC1. The lowest BCUT2D eigenvalue weighted by molar-refractivity contribution is -0.135. The van der Waals surface area contributed by atoms with Crippen LogP contribution in [0.3, 0.4) is 0 Å². The van der Waals surface area contributed by atoms with Gasteiger partial charge in [0.1, 0.15) is 5.75 Å². The summed E-state index contributed by atoms with van der Waals surface area (Å²) in [5.74, 6) is 2.62. The second-order valence-corrected chi connectivity index (χ2v) is 10.7. The number of amides is 2. The maximum atomic E-state index is 13.1. The lowest BCUT2D eigenvalue weighted by atomic mass is 9.86. The number of carbonyl (C=O) groups is 2. The normalized spacial score (nSPS) is 20.3. The second kappa shape index (κ2) is 13.8. The highest BCUT2D eigenvalue weighted by Gasteiger charge is 2.27. The molecule has 0 radical (unpaired) electrons. The van der Waals surface area contributed by atoms with Crippen molar-refractivity contribution < 1.29 is 19.1 Å². The van der Waals surface area contributed by atoms with E-state index >= 15 is 0 Å². The van der Waals surface area contributed by atoms with Crippen molar-refractivity contribution in [3.8, 4) is 5.75 Å². The molecule has 7 nitrogen and oxygen atoms in total. The number of nitrogens with zero attached hydrogens (tertiary/aromatic N) is 2. The fraction of sp³-hybridized carbons (Fsp3) is 0.667. The summed E-state index contributed by atoms with van der Waals surface area (Å²) in [5.41, 5.74) is 2.55. The van der Waals surface area contributed by atoms with Crippen molar-refractivity contribution in [2.75, 3.05) is 52.5 Å². The van der Waals surface area contributed by atoms with Crippen molar-refractivity contribution in [1.82, 2.24) is 15.1 Å². The Hall–Kier alpha value is -2.54. The molecule has 1 unspecified atom stereocenters. The monoisotopic (exact) mass is 511 g/mol. The Morgan fingerprint density at radius 1 is 1.03 bits per heavy atom. The number of piperidine rings is 1. The maximum absolute atomic E-state index is 13.1. The van der Waals surface area contributed by atoms with Gasteiger partial charge < -0.3 is 24.6 Å². The van der Waals surface area contributed by atoms with Crippen molar-refractivity contribution >= 4 is 17.6 Å². The van der Waals surface area contributed by atoms with E-state index in [0.717, 1.165) is 83.0 Å². The standard InChI is InChI=1S/C30H45N3O4/c1-3-32(20-17-31-21-23-5-6-23)29(34)27-9-7-25(8-10-27)26-11-13-28(14-12-26)37-22-24-15-18-33(19-16-24)30(35)36-4-2/h7,11-14,23-24,27,31H,3-6,8-10,15-22H2,1-2H3. The number of nitrogens with one attached hydrogen (secondary N) is 1. The summed E-state index contributed by atoms with van der Waals surface area (Å²) in [6, 6.07) is 8.37. The van der Waals surface area contributed by atoms with Gasteiger partial charge in [-0.15, -0.1) is 0 Å². The summed E-state index contributed by atoms with van der Waals surface area (Å²) in [7, 11) is 0. The number of rotatable bonds is 12. The first-order valence-corrected chi connectivity index (χ1v) is 14.4. The van der Waals surface area contributed by atoms with Crippen molar-refractivity contribution in [3.05, 3.63) is 35.9 Å². The Morgan fingerprint density at radius 3 is 2.41 bits per heavy atom.